The van der Waals surface area contributed by atoms with E-state index in [9.17, 15) is 0 Å². The van der Waals surface area contributed by atoms with E-state index in [1.807, 2.05) is 18.2 Å². The van der Waals surface area contributed by atoms with E-state index in [0.717, 1.165) is 30.2 Å². The molecule has 0 saturated carbocycles. The zero-order valence-electron chi connectivity index (χ0n) is 15.8. The molecule has 2 aromatic rings. The van der Waals surface area contributed by atoms with E-state index < -0.39 is 0 Å². The summed E-state index contributed by atoms with van der Waals surface area (Å²) in [4.78, 5) is 2.44. The van der Waals surface area contributed by atoms with E-state index in [4.69, 9.17) is 9.47 Å². The molecule has 25 heavy (non-hydrogen) atoms. The Morgan fingerprint density at radius 2 is 1.28 bits per heavy atom. The van der Waals surface area contributed by atoms with Gasteiger partial charge in [0.05, 0.1) is 14.2 Å². The van der Waals surface area contributed by atoms with Gasteiger partial charge in [-0.1, -0.05) is 38.1 Å². The van der Waals surface area contributed by atoms with Crippen molar-refractivity contribution in [2.45, 2.75) is 26.7 Å². The second-order valence-corrected chi connectivity index (χ2v) is 6.06. The van der Waals surface area contributed by atoms with Gasteiger partial charge in [0.15, 0.2) is 0 Å². The van der Waals surface area contributed by atoms with Crippen LogP contribution < -0.4 is 14.4 Å². The first-order valence-electron chi connectivity index (χ1n) is 8.96. The number of ether oxygens (including phenoxy) is 2. The van der Waals surface area contributed by atoms with Crippen molar-refractivity contribution in [3.05, 3.63) is 53.6 Å². The first kappa shape index (κ1) is 18.9. The Morgan fingerprint density at radius 1 is 0.760 bits per heavy atom. The lowest BCUT2D eigenvalue weighted by Gasteiger charge is -2.23. The second kappa shape index (κ2) is 9.77. The number of hydrogen-bond donors (Lipinski definition) is 0. The Kier molecular flexibility index (Phi) is 7.39. The van der Waals surface area contributed by atoms with Gasteiger partial charge in [0, 0.05) is 24.8 Å². The van der Waals surface area contributed by atoms with E-state index >= 15 is 0 Å². The van der Waals surface area contributed by atoms with Crippen LogP contribution in [0.1, 0.15) is 37.8 Å². The summed E-state index contributed by atoms with van der Waals surface area (Å²) in [6.45, 7) is 6.66. The van der Waals surface area contributed by atoms with E-state index in [0.29, 0.717) is 0 Å². The van der Waals surface area contributed by atoms with Crippen LogP contribution in [0.4, 0.5) is 5.69 Å². The van der Waals surface area contributed by atoms with Crippen LogP contribution in [0.5, 0.6) is 11.5 Å². The number of methoxy groups -OCH3 is 2. The standard InChI is InChI=1S/C22H29NO2/c1-5-13-23(14-6-2)20-11-9-18(10-12-20)7-8-19-15-21(24-3)17-22(16-19)25-4/h7-12,15-17H,5-6,13-14H2,1-4H3/b8-7+. The normalized spacial score (nSPS) is 10.9. The molecule has 0 aliphatic rings. The molecule has 3 nitrogen and oxygen atoms in total. The van der Waals surface area contributed by atoms with Crippen molar-refractivity contribution in [1.29, 1.82) is 0 Å². The number of anilines is 1. The summed E-state index contributed by atoms with van der Waals surface area (Å²) < 4.78 is 10.6. The van der Waals surface area contributed by atoms with E-state index in [1.165, 1.54) is 24.1 Å². The molecule has 0 fully saturated rings. The molecule has 0 unspecified atom stereocenters. The molecular formula is C22H29NO2. The van der Waals surface area contributed by atoms with E-state index in [-0.39, 0.29) is 0 Å². The van der Waals surface area contributed by atoms with Crippen LogP contribution in [-0.2, 0) is 0 Å². The highest BCUT2D eigenvalue weighted by molar-refractivity contribution is 5.71. The fraction of sp³-hybridized carbons (Fsp3) is 0.364. The summed E-state index contributed by atoms with van der Waals surface area (Å²) in [5.74, 6) is 1.59. The zero-order chi connectivity index (χ0) is 18.1. The van der Waals surface area contributed by atoms with Crippen molar-refractivity contribution in [2.24, 2.45) is 0 Å². The minimum Gasteiger partial charge on any atom is -0.497 e. The molecule has 134 valence electrons. The van der Waals surface area contributed by atoms with Gasteiger partial charge in [-0.2, -0.15) is 0 Å². The van der Waals surface area contributed by atoms with Crippen molar-refractivity contribution in [2.75, 3.05) is 32.2 Å². The molecule has 0 N–H and O–H groups in total. The van der Waals surface area contributed by atoms with Crippen molar-refractivity contribution in [1.82, 2.24) is 0 Å². The molecule has 0 bridgehead atoms. The smallest absolute Gasteiger partial charge is 0.123 e. The third-order valence-electron chi connectivity index (χ3n) is 4.09. The van der Waals surface area contributed by atoms with Crippen molar-refractivity contribution in [3.8, 4) is 11.5 Å². The highest BCUT2D eigenvalue weighted by Crippen LogP contribution is 2.24. The van der Waals surface area contributed by atoms with Gasteiger partial charge in [0.25, 0.3) is 0 Å². The minimum atomic E-state index is 0.795. The molecular weight excluding hydrogens is 310 g/mol. The van der Waals surface area contributed by atoms with Crippen molar-refractivity contribution < 1.29 is 9.47 Å². The molecule has 0 radical (unpaired) electrons. The molecule has 0 heterocycles. The Bertz CT molecular complexity index is 649. The minimum absolute atomic E-state index is 0.795. The molecule has 0 aromatic heterocycles. The number of benzene rings is 2. The lowest BCUT2D eigenvalue weighted by molar-refractivity contribution is 0.394. The number of nitrogens with zero attached hydrogens (tertiary/aromatic N) is 1. The molecule has 0 aliphatic carbocycles. The topological polar surface area (TPSA) is 21.7 Å². The van der Waals surface area contributed by atoms with Gasteiger partial charge in [-0.3, -0.25) is 0 Å². The summed E-state index contributed by atoms with van der Waals surface area (Å²) in [5.41, 5.74) is 3.53. The molecule has 0 amide bonds. The Balaban J connectivity index is 2.13. The van der Waals surface area contributed by atoms with Crippen LogP contribution in [0.15, 0.2) is 42.5 Å². The summed E-state index contributed by atoms with van der Waals surface area (Å²) >= 11 is 0. The van der Waals surface area contributed by atoms with Gasteiger partial charge in [-0.05, 0) is 48.2 Å². The lowest BCUT2D eigenvalue weighted by Crippen LogP contribution is -2.24. The van der Waals surface area contributed by atoms with Crippen LogP contribution in [0, 0.1) is 0 Å². The molecule has 0 saturated heterocycles. The fourth-order valence-corrected chi connectivity index (χ4v) is 2.82. The molecule has 3 heteroatoms. The maximum atomic E-state index is 5.32. The monoisotopic (exact) mass is 339 g/mol. The molecule has 2 rings (SSSR count). The number of rotatable bonds is 9. The lowest BCUT2D eigenvalue weighted by atomic mass is 10.1. The van der Waals surface area contributed by atoms with Gasteiger partial charge in [0.2, 0.25) is 0 Å². The maximum absolute atomic E-state index is 5.32. The first-order chi connectivity index (χ1) is 12.2. The largest absolute Gasteiger partial charge is 0.497 e. The third-order valence-corrected chi connectivity index (χ3v) is 4.09. The SMILES string of the molecule is CCCN(CCC)c1ccc(/C=C/c2cc(OC)cc(OC)c2)cc1. The van der Waals surface area contributed by atoms with E-state index in [1.54, 1.807) is 14.2 Å². The van der Waals surface area contributed by atoms with Gasteiger partial charge < -0.3 is 14.4 Å². The van der Waals surface area contributed by atoms with Crippen LogP contribution in [0.25, 0.3) is 12.2 Å². The van der Waals surface area contributed by atoms with Crippen LogP contribution in [0.2, 0.25) is 0 Å². The summed E-state index contributed by atoms with van der Waals surface area (Å²) in [5, 5.41) is 0. The predicted molar refractivity (Wildman–Crippen MR) is 108 cm³/mol. The first-order valence-corrected chi connectivity index (χ1v) is 8.96. The van der Waals surface area contributed by atoms with Crippen LogP contribution in [0.3, 0.4) is 0 Å². The average Bonchev–Trinajstić information content (AvgIpc) is 2.66. The second-order valence-electron chi connectivity index (χ2n) is 6.06. The highest BCUT2D eigenvalue weighted by atomic mass is 16.5. The van der Waals surface area contributed by atoms with Crippen LogP contribution >= 0.6 is 0 Å². The fourth-order valence-electron chi connectivity index (χ4n) is 2.82. The number of hydrogen-bond acceptors (Lipinski definition) is 3. The Labute approximate surface area is 151 Å². The summed E-state index contributed by atoms with van der Waals surface area (Å²) in [6.07, 6.45) is 6.52. The molecule has 0 spiro atoms. The highest BCUT2D eigenvalue weighted by Gasteiger charge is 2.04. The molecule has 0 atom stereocenters. The van der Waals surface area contributed by atoms with Gasteiger partial charge in [0.1, 0.15) is 11.5 Å². The summed E-state index contributed by atoms with van der Waals surface area (Å²) in [6, 6.07) is 14.6. The van der Waals surface area contributed by atoms with Crippen molar-refractivity contribution >= 4 is 17.8 Å². The third kappa shape index (κ3) is 5.56. The van der Waals surface area contributed by atoms with Gasteiger partial charge >= 0.3 is 0 Å². The van der Waals surface area contributed by atoms with Crippen molar-refractivity contribution in [3.63, 3.8) is 0 Å². The Morgan fingerprint density at radius 3 is 1.76 bits per heavy atom. The quantitative estimate of drug-likeness (QED) is 0.563. The molecule has 0 aliphatic heterocycles. The molecule has 2 aromatic carbocycles. The Hall–Kier alpha value is -2.42. The maximum Gasteiger partial charge on any atom is 0.123 e. The van der Waals surface area contributed by atoms with Crippen LogP contribution in [-0.4, -0.2) is 27.3 Å². The van der Waals surface area contributed by atoms with Gasteiger partial charge in [-0.25, -0.2) is 0 Å². The zero-order valence-corrected chi connectivity index (χ0v) is 15.8. The van der Waals surface area contributed by atoms with Gasteiger partial charge in [-0.15, -0.1) is 0 Å². The summed E-state index contributed by atoms with van der Waals surface area (Å²) in [7, 11) is 3.33. The van der Waals surface area contributed by atoms with E-state index in [2.05, 4.69) is 55.2 Å². The predicted octanol–water partition coefficient (Wildman–Crippen LogP) is 5.50. The average molecular weight is 339 g/mol.